The molecule has 1 aliphatic heterocycles. The van der Waals surface area contributed by atoms with E-state index in [1.165, 1.54) is 5.56 Å². The van der Waals surface area contributed by atoms with Crippen LogP contribution in [0.15, 0.2) is 30.3 Å². The van der Waals surface area contributed by atoms with Gasteiger partial charge in [-0.15, -0.1) is 0 Å². The van der Waals surface area contributed by atoms with Crippen LogP contribution in [-0.2, 0) is 4.74 Å². The largest absolute Gasteiger partial charge is 0.378 e. The first-order valence-electron chi connectivity index (χ1n) is 6.43. The standard InChI is InChI=1S/C14H22N2O/c1-2-13-11-17-9-8-16(13)10-14(15)12-6-4-3-5-7-12/h3-7,13-14H,2,8-11,15H2,1H3. The smallest absolute Gasteiger partial charge is 0.0622 e. The second-order valence-corrected chi connectivity index (χ2v) is 4.65. The number of hydrogen-bond acceptors (Lipinski definition) is 3. The molecule has 1 saturated heterocycles. The molecule has 1 aromatic carbocycles. The van der Waals surface area contributed by atoms with Crippen molar-refractivity contribution < 1.29 is 4.74 Å². The van der Waals surface area contributed by atoms with Gasteiger partial charge in [-0.25, -0.2) is 0 Å². The van der Waals surface area contributed by atoms with Gasteiger partial charge in [0.1, 0.15) is 0 Å². The molecule has 1 aliphatic rings. The normalized spacial score (nSPS) is 23.5. The van der Waals surface area contributed by atoms with Crippen molar-refractivity contribution in [2.24, 2.45) is 5.73 Å². The van der Waals surface area contributed by atoms with Crippen molar-refractivity contribution in [3.8, 4) is 0 Å². The Kier molecular flexibility index (Phi) is 4.54. The Balaban J connectivity index is 1.95. The van der Waals surface area contributed by atoms with Crippen molar-refractivity contribution in [1.82, 2.24) is 4.90 Å². The Bertz CT molecular complexity index is 328. The lowest BCUT2D eigenvalue weighted by Gasteiger charge is -2.36. The predicted molar refractivity (Wildman–Crippen MR) is 69.8 cm³/mol. The molecule has 0 radical (unpaired) electrons. The molecule has 1 fully saturated rings. The van der Waals surface area contributed by atoms with Gasteiger partial charge in [0.25, 0.3) is 0 Å². The van der Waals surface area contributed by atoms with Crippen LogP contribution >= 0.6 is 0 Å². The van der Waals surface area contributed by atoms with Crippen molar-refractivity contribution in [2.75, 3.05) is 26.3 Å². The van der Waals surface area contributed by atoms with Gasteiger partial charge in [-0.1, -0.05) is 37.3 Å². The van der Waals surface area contributed by atoms with Gasteiger partial charge in [-0.05, 0) is 12.0 Å². The number of benzene rings is 1. The molecule has 0 aliphatic carbocycles. The molecule has 1 aromatic rings. The van der Waals surface area contributed by atoms with E-state index in [9.17, 15) is 0 Å². The number of ether oxygens (including phenoxy) is 1. The predicted octanol–water partition coefficient (Wildman–Crippen LogP) is 1.80. The van der Waals surface area contributed by atoms with Gasteiger partial charge in [0.2, 0.25) is 0 Å². The Hall–Kier alpha value is -0.900. The fourth-order valence-corrected chi connectivity index (χ4v) is 2.36. The van der Waals surface area contributed by atoms with E-state index in [0.29, 0.717) is 6.04 Å². The summed E-state index contributed by atoms with van der Waals surface area (Å²) in [5.41, 5.74) is 7.48. The molecule has 94 valence electrons. The number of nitrogens with two attached hydrogens (primary N) is 1. The monoisotopic (exact) mass is 234 g/mol. The van der Waals surface area contributed by atoms with Gasteiger partial charge < -0.3 is 10.5 Å². The summed E-state index contributed by atoms with van der Waals surface area (Å²) in [6.45, 7) is 5.81. The Morgan fingerprint density at radius 1 is 1.41 bits per heavy atom. The average molecular weight is 234 g/mol. The molecule has 0 saturated carbocycles. The van der Waals surface area contributed by atoms with E-state index in [-0.39, 0.29) is 6.04 Å². The quantitative estimate of drug-likeness (QED) is 0.863. The molecule has 0 aromatic heterocycles. The minimum Gasteiger partial charge on any atom is -0.378 e. The van der Waals surface area contributed by atoms with E-state index in [2.05, 4.69) is 24.0 Å². The van der Waals surface area contributed by atoms with Crippen LogP contribution in [0.3, 0.4) is 0 Å². The Morgan fingerprint density at radius 3 is 2.88 bits per heavy atom. The molecule has 1 heterocycles. The van der Waals surface area contributed by atoms with Crippen molar-refractivity contribution in [3.63, 3.8) is 0 Å². The molecule has 2 N–H and O–H groups in total. The third-order valence-corrected chi connectivity index (χ3v) is 3.48. The van der Waals surface area contributed by atoms with Crippen molar-refractivity contribution in [1.29, 1.82) is 0 Å². The van der Waals surface area contributed by atoms with Gasteiger partial charge >= 0.3 is 0 Å². The highest BCUT2D eigenvalue weighted by Gasteiger charge is 2.23. The maximum absolute atomic E-state index is 6.26. The highest BCUT2D eigenvalue weighted by molar-refractivity contribution is 5.18. The van der Waals surface area contributed by atoms with E-state index in [1.54, 1.807) is 0 Å². The van der Waals surface area contributed by atoms with Crippen LogP contribution < -0.4 is 5.73 Å². The van der Waals surface area contributed by atoms with Gasteiger partial charge in [-0.2, -0.15) is 0 Å². The van der Waals surface area contributed by atoms with Crippen LogP contribution in [0, 0.1) is 0 Å². The topological polar surface area (TPSA) is 38.5 Å². The highest BCUT2D eigenvalue weighted by Crippen LogP contribution is 2.16. The molecule has 0 amide bonds. The summed E-state index contributed by atoms with van der Waals surface area (Å²) < 4.78 is 5.51. The number of rotatable bonds is 4. The van der Waals surface area contributed by atoms with Gasteiger partial charge in [0.05, 0.1) is 13.2 Å². The summed E-state index contributed by atoms with van der Waals surface area (Å²) >= 11 is 0. The summed E-state index contributed by atoms with van der Waals surface area (Å²) in [6.07, 6.45) is 1.13. The minimum atomic E-state index is 0.100. The Labute approximate surface area is 104 Å². The second-order valence-electron chi connectivity index (χ2n) is 4.65. The minimum absolute atomic E-state index is 0.100. The molecular weight excluding hydrogens is 212 g/mol. The third-order valence-electron chi connectivity index (χ3n) is 3.48. The molecule has 2 rings (SSSR count). The van der Waals surface area contributed by atoms with Crippen molar-refractivity contribution in [3.05, 3.63) is 35.9 Å². The van der Waals surface area contributed by atoms with E-state index in [1.807, 2.05) is 18.2 Å². The lowest BCUT2D eigenvalue weighted by molar-refractivity contribution is -0.0110. The van der Waals surface area contributed by atoms with E-state index >= 15 is 0 Å². The highest BCUT2D eigenvalue weighted by atomic mass is 16.5. The van der Waals surface area contributed by atoms with Crippen LogP contribution in [0.2, 0.25) is 0 Å². The van der Waals surface area contributed by atoms with Crippen molar-refractivity contribution in [2.45, 2.75) is 25.4 Å². The molecule has 3 nitrogen and oxygen atoms in total. The summed E-state index contributed by atoms with van der Waals surface area (Å²) in [5, 5.41) is 0. The summed E-state index contributed by atoms with van der Waals surface area (Å²) in [7, 11) is 0. The van der Waals surface area contributed by atoms with Gasteiger partial charge in [0, 0.05) is 25.2 Å². The molecule has 3 heteroatoms. The van der Waals surface area contributed by atoms with Crippen LogP contribution in [0.4, 0.5) is 0 Å². The number of hydrogen-bond donors (Lipinski definition) is 1. The maximum atomic E-state index is 6.26. The zero-order valence-corrected chi connectivity index (χ0v) is 10.5. The van der Waals surface area contributed by atoms with E-state index in [4.69, 9.17) is 10.5 Å². The molecule has 2 atom stereocenters. The van der Waals surface area contributed by atoms with Crippen molar-refractivity contribution >= 4 is 0 Å². The third kappa shape index (κ3) is 3.28. The Morgan fingerprint density at radius 2 is 2.18 bits per heavy atom. The first kappa shape index (κ1) is 12.6. The maximum Gasteiger partial charge on any atom is 0.0622 e. The second kappa shape index (κ2) is 6.15. The zero-order valence-electron chi connectivity index (χ0n) is 10.5. The van der Waals surface area contributed by atoms with Gasteiger partial charge in [0.15, 0.2) is 0 Å². The SMILES string of the molecule is CCC1COCCN1CC(N)c1ccccc1. The molecular formula is C14H22N2O. The van der Waals surface area contributed by atoms with E-state index < -0.39 is 0 Å². The molecule has 2 unspecified atom stereocenters. The first-order chi connectivity index (χ1) is 8.31. The molecule has 0 spiro atoms. The summed E-state index contributed by atoms with van der Waals surface area (Å²) in [6, 6.07) is 11.0. The van der Waals surface area contributed by atoms with Crippen LogP contribution in [0.25, 0.3) is 0 Å². The molecule has 17 heavy (non-hydrogen) atoms. The number of nitrogens with zero attached hydrogens (tertiary/aromatic N) is 1. The number of morpholine rings is 1. The average Bonchev–Trinajstić information content (AvgIpc) is 2.40. The lowest BCUT2D eigenvalue weighted by atomic mass is 10.1. The van der Waals surface area contributed by atoms with Crippen LogP contribution in [-0.4, -0.2) is 37.2 Å². The zero-order chi connectivity index (χ0) is 12.1. The van der Waals surface area contributed by atoms with Crippen LogP contribution in [0.1, 0.15) is 24.9 Å². The fourth-order valence-electron chi connectivity index (χ4n) is 2.36. The van der Waals surface area contributed by atoms with Crippen LogP contribution in [0.5, 0.6) is 0 Å². The van der Waals surface area contributed by atoms with E-state index in [0.717, 1.165) is 32.7 Å². The first-order valence-corrected chi connectivity index (χ1v) is 6.43. The summed E-state index contributed by atoms with van der Waals surface area (Å²) in [5.74, 6) is 0. The molecule has 0 bridgehead atoms. The lowest BCUT2D eigenvalue weighted by Crippen LogP contribution is -2.47. The van der Waals surface area contributed by atoms with Gasteiger partial charge in [-0.3, -0.25) is 4.90 Å². The fraction of sp³-hybridized carbons (Fsp3) is 0.571. The summed E-state index contributed by atoms with van der Waals surface area (Å²) in [4.78, 5) is 2.46.